The third-order valence-electron chi connectivity index (χ3n) is 2.86. The van der Waals surface area contributed by atoms with Crippen LogP contribution in [0.5, 0.6) is 0 Å². The van der Waals surface area contributed by atoms with E-state index in [-0.39, 0.29) is 16.6 Å². The van der Waals surface area contributed by atoms with Crippen LogP contribution < -0.4 is 0 Å². The summed E-state index contributed by atoms with van der Waals surface area (Å²) in [7, 11) is 0. The van der Waals surface area contributed by atoms with E-state index in [0.29, 0.717) is 6.42 Å². The zero-order valence-electron chi connectivity index (χ0n) is 10.7. The van der Waals surface area contributed by atoms with E-state index in [1.165, 1.54) is 17.0 Å². The molecule has 0 spiro atoms. The van der Waals surface area contributed by atoms with E-state index < -0.39 is 24.2 Å². The fourth-order valence-electron chi connectivity index (χ4n) is 1.59. The highest BCUT2D eigenvalue weighted by atomic mass is 35.5. The molecule has 0 aliphatic heterocycles. The highest BCUT2D eigenvalue weighted by molar-refractivity contribution is 6.31. The van der Waals surface area contributed by atoms with Gasteiger partial charge in [0.1, 0.15) is 12.4 Å². The number of aliphatic carboxylic acids is 1. The lowest BCUT2D eigenvalue weighted by Gasteiger charge is -2.27. The van der Waals surface area contributed by atoms with E-state index in [4.69, 9.17) is 16.7 Å². The Morgan fingerprint density at radius 3 is 2.58 bits per heavy atom. The Hall–Kier alpha value is -1.62. The Labute approximate surface area is 115 Å². The third kappa shape index (κ3) is 3.92. The fraction of sp³-hybridized carbons (Fsp3) is 0.385. The molecule has 1 aromatic carbocycles. The minimum Gasteiger partial charge on any atom is -0.480 e. The van der Waals surface area contributed by atoms with Crippen molar-refractivity contribution in [1.82, 2.24) is 4.90 Å². The van der Waals surface area contributed by atoms with Crippen LogP contribution in [-0.4, -0.2) is 34.5 Å². The quantitative estimate of drug-likeness (QED) is 0.906. The average molecular weight is 288 g/mol. The second-order valence-electron chi connectivity index (χ2n) is 4.21. The van der Waals surface area contributed by atoms with E-state index >= 15 is 0 Å². The summed E-state index contributed by atoms with van der Waals surface area (Å²) in [6.45, 7) is 3.21. The van der Waals surface area contributed by atoms with E-state index in [2.05, 4.69) is 0 Å². The summed E-state index contributed by atoms with van der Waals surface area (Å²) >= 11 is 5.62. The highest BCUT2D eigenvalue weighted by Gasteiger charge is 2.23. The first-order chi connectivity index (χ1) is 8.86. The number of nitrogens with zero attached hydrogens (tertiary/aromatic N) is 1. The number of amides is 1. The number of carboxylic acid groups (broad SMARTS) is 1. The van der Waals surface area contributed by atoms with E-state index in [0.717, 1.165) is 6.07 Å². The Balaban J connectivity index is 3.04. The standard InChI is InChI=1S/C13H15ClFNO3/c1-3-8(2)16(7-12(17)18)13(19)9-4-5-11(15)10(14)6-9/h4-6,8H,3,7H2,1-2H3,(H,17,18). The molecule has 0 bridgehead atoms. The van der Waals surface area contributed by atoms with Crippen molar-refractivity contribution in [2.45, 2.75) is 26.3 Å². The van der Waals surface area contributed by atoms with Gasteiger partial charge in [-0.25, -0.2) is 4.39 Å². The number of carbonyl (C=O) groups excluding carboxylic acids is 1. The molecule has 0 fully saturated rings. The number of carbonyl (C=O) groups is 2. The SMILES string of the molecule is CCC(C)N(CC(=O)O)C(=O)c1ccc(F)c(Cl)c1. The predicted molar refractivity (Wildman–Crippen MR) is 69.8 cm³/mol. The minimum atomic E-state index is -1.10. The van der Waals surface area contributed by atoms with Gasteiger partial charge in [0.2, 0.25) is 0 Å². The van der Waals surface area contributed by atoms with Gasteiger partial charge in [-0.3, -0.25) is 9.59 Å². The van der Waals surface area contributed by atoms with Crippen LogP contribution >= 0.6 is 11.6 Å². The third-order valence-corrected chi connectivity index (χ3v) is 3.15. The molecule has 4 nitrogen and oxygen atoms in total. The van der Waals surface area contributed by atoms with Crippen molar-refractivity contribution < 1.29 is 19.1 Å². The molecule has 1 unspecified atom stereocenters. The first-order valence-corrected chi connectivity index (χ1v) is 6.22. The molecule has 1 amide bonds. The Morgan fingerprint density at radius 1 is 1.47 bits per heavy atom. The first-order valence-electron chi connectivity index (χ1n) is 5.84. The molecule has 1 atom stereocenters. The number of benzene rings is 1. The molecule has 1 N–H and O–H groups in total. The van der Waals surface area contributed by atoms with Crippen LogP contribution in [0.25, 0.3) is 0 Å². The maximum absolute atomic E-state index is 13.0. The molecule has 6 heteroatoms. The summed E-state index contributed by atoms with van der Waals surface area (Å²) in [6, 6.07) is 3.36. The van der Waals surface area contributed by atoms with Gasteiger partial charge in [-0.15, -0.1) is 0 Å². The molecular formula is C13H15ClFNO3. The Morgan fingerprint density at radius 2 is 2.11 bits per heavy atom. The maximum atomic E-state index is 13.0. The summed E-state index contributed by atoms with van der Waals surface area (Å²) in [6.07, 6.45) is 0.619. The van der Waals surface area contributed by atoms with Crippen molar-refractivity contribution in [3.63, 3.8) is 0 Å². The van der Waals surface area contributed by atoms with Gasteiger partial charge in [0.15, 0.2) is 0 Å². The van der Waals surface area contributed by atoms with Crippen LogP contribution in [0.4, 0.5) is 4.39 Å². The van der Waals surface area contributed by atoms with Crippen LogP contribution in [0.1, 0.15) is 30.6 Å². The van der Waals surface area contributed by atoms with Crippen molar-refractivity contribution in [2.24, 2.45) is 0 Å². The first kappa shape index (κ1) is 15.4. The molecule has 0 aliphatic rings. The number of hydrogen-bond donors (Lipinski definition) is 1. The molecular weight excluding hydrogens is 273 g/mol. The molecule has 1 aromatic rings. The lowest BCUT2D eigenvalue weighted by molar-refractivity contribution is -0.138. The maximum Gasteiger partial charge on any atom is 0.323 e. The normalized spacial score (nSPS) is 12.0. The average Bonchev–Trinajstić information content (AvgIpc) is 2.37. The van der Waals surface area contributed by atoms with Crippen LogP contribution in [0.3, 0.4) is 0 Å². The molecule has 0 aromatic heterocycles. The van der Waals surface area contributed by atoms with Crippen molar-refractivity contribution in [2.75, 3.05) is 6.54 Å². The van der Waals surface area contributed by atoms with Gasteiger partial charge in [-0.05, 0) is 31.5 Å². The van der Waals surface area contributed by atoms with Crippen molar-refractivity contribution in [3.8, 4) is 0 Å². The minimum absolute atomic E-state index is 0.162. The van der Waals surface area contributed by atoms with Gasteiger partial charge >= 0.3 is 5.97 Å². The van der Waals surface area contributed by atoms with Crippen molar-refractivity contribution in [1.29, 1.82) is 0 Å². The zero-order valence-corrected chi connectivity index (χ0v) is 11.4. The van der Waals surface area contributed by atoms with Crippen LogP contribution in [0.2, 0.25) is 5.02 Å². The monoisotopic (exact) mass is 287 g/mol. The lowest BCUT2D eigenvalue weighted by Crippen LogP contribution is -2.41. The number of carboxylic acids is 1. The molecule has 1 rings (SSSR count). The van der Waals surface area contributed by atoms with Gasteiger partial charge in [-0.2, -0.15) is 0 Å². The van der Waals surface area contributed by atoms with Crippen LogP contribution in [0.15, 0.2) is 18.2 Å². The summed E-state index contributed by atoms with van der Waals surface area (Å²) < 4.78 is 13.0. The molecule has 0 aliphatic carbocycles. The number of hydrogen-bond acceptors (Lipinski definition) is 2. The largest absolute Gasteiger partial charge is 0.480 e. The van der Waals surface area contributed by atoms with Gasteiger partial charge in [0.25, 0.3) is 5.91 Å². The highest BCUT2D eigenvalue weighted by Crippen LogP contribution is 2.18. The second kappa shape index (κ2) is 6.52. The molecule has 104 valence electrons. The van der Waals surface area contributed by atoms with Gasteiger partial charge < -0.3 is 10.0 Å². The fourth-order valence-corrected chi connectivity index (χ4v) is 1.77. The zero-order chi connectivity index (χ0) is 14.6. The Bertz CT molecular complexity index is 493. The molecule has 0 saturated heterocycles. The predicted octanol–water partition coefficient (Wildman–Crippen LogP) is 2.80. The summed E-state index contributed by atoms with van der Waals surface area (Å²) in [5, 5.41) is 8.68. The molecule has 0 heterocycles. The van der Waals surface area contributed by atoms with Gasteiger partial charge in [0, 0.05) is 11.6 Å². The lowest BCUT2D eigenvalue weighted by atomic mass is 10.1. The molecule has 0 saturated carbocycles. The van der Waals surface area contributed by atoms with Crippen molar-refractivity contribution >= 4 is 23.5 Å². The van der Waals surface area contributed by atoms with Crippen LogP contribution in [0, 0.1) is 5.82 Å². The second-order valence-corrected chi connectivity index (χ2v) is 4.62. The van der Waals surface area contributed by atoms with Crippen LogP contribution in [-0.2, 0) is 4.79 Å². The van der Waals surface area contributed by atoms with Gasteiger partial charge in [0.05, 0.1) is 5.02 Å². The van der Waals surface area contributed by atoms with Gasteiger partial charge in [-0.1, -0.05) is 18.5 Å². The Kier molecular flexibility index (Phi) is 5.30. The van der Waals surface area contributed by atoms with E-state index in [9.17, 15) is 14.0 Å². The van der Waals surface area contributed by atoms with Crippen molar-refractivity contribution in [3.05, 3.63) is 34.6 Å². The van der Waals surface area contributed by atoms with E-state index in [1.54, 1.807) is 6.92 Å². The summed E-state index contributed by atoms with van der Waals surface area (Å²) in [5.74, 6) is -2.19. The smallest absolute Gasteiger partial charge is 0.323 e. The topological polar surface area (TPSA) is 57.6 Å². The summed E-state index contributed by atoms with van der Waals surface area (Å²) in [5.41, 5.74) is 0.174. The number of halogens is 2. The number of rotatable bonds is 5. The molecule has 0 radical (unpaired) electrons. The molecule has 19 heavy (non-hydrogen) atoms. The van der Waals surface area contributed by atoms with E-state index in [1.807, 2.05) is 6.92 Å². The summed E-state index contributed by atoms with van der Waals surface area (Å²) in [4.78, 5) is 24.3.